The highest BCUT2D eigenvalue weighted by Crippen LogP contribution is 2.33. The lowest BCUT2D eigenvalue weighted by atomic mass is 10.0. The van der Waals surface area contributed by atoms with E-state index in [9.17, 15) is 19.7 Å². The molecule has 0 saturated carbocycles. The number of nitro groups is 1. The van der Waals surface area contributed by atoms with E-state index in [4.69, 9.17) is 0 Å². The highest BCUT2D eigenvalue weighted by Gasteiger charge is 2.40. The van der Waals surface area contributed by atoms with Crippen LogP contribution in [0.15, 0.2) is 60.3 Å². The van der Waals surface area contributed by atoms with Crippen LogP contribution < -0.4 is 0 Å². The summed E-state index contributed by atoms with van der Waals surface area (Å²) in [5.41, 5.74) is 2.03. The van der Waals surface area contributed by atoms with Crippen LogP contribution in [0.3, 0.4) is 0 Å². The molecule has 0 unspecified atom stereocenters. The number of imide groups is 1. The monoisotopic (exact) mass is 393 g/mol. The van der Waals surface area contributed by atoms with Gasteiger partial charge in [-0.05, 0) is 29.2 Å². The molecule has 0 spiro atoms. The SMILES string of the molecule is CC(C)CN1C(=O)C(c2ccc([N+](=O)[O-])cc2)=C(N(C)Cc2ccccc2)C1=O. The van der Waals surface area contributed by atoms with E-state index < -0.39 is 4.92 Å². The van der Waals surface area contributed by atoms with Crippen molar-refractivity contribution in [2.45, 2.75) is 20.4 Å². The molecule has 2 aromatic rings. The largest absolute Gasteiger partial charge is 0.365 e. The zero-order chi connectivity index (χ0) is 21.1. The first-order valence-corrected chi connectivity index (χ1v) is 9.40. The van der Waals surface area contributed by atoms with Crippen LogP contribution in [-0.4, -0.2) is 40.1 Å². The molecule has 1 aliphatic heterocycles. The number of benzene rings is 2. The number of non-ortho nitro benzene ring substituents is 1. The normalized spacial score (nSPS) is 14.1. The summed E-state index contributed by atoms with van der Waals surface area (Å²) in [6.07, 6.45) is 0. The third-order valence-corrected chi connectivity index (χ3v) is 4.70. The second-order valence-corrected chi connectivity index (χ2v) is 7.48. The molecule has 150 valence electrons. The summed E-state index contributed by atoms with van der Waals surface area (Å²) in [4.78, 5) is 39.8. The second-order valence-electron chi connectivity index (χ2n) is 7.48. The first kappa shape index (κ1) is 20.3. The van der Waals surface area contributed by atoms with Crippen LogP contribution in [0.1, 0.15) is 25.0 Å². The van der Waals surface area contributed by atoms with Gasteiger partial charge in [0.2, 0.25) is 0 Å². The van der Waals surface area contributed by atoms with Gasteiger partial charge in [-0.2, -0.15) is 0 Å². The van der Waals surface area contributed by atoms with Crippen LogP contribution in [0, 0.1) is 16.0 Å². The topological polar surface area (TPSA) is 83.8 Å². The van der Waals surface area contributed by atoms with E-state index in [1.54, 1.807) is 11.9 Å². The number of hydrogen-bond acceptors (Lipinski definition) is 5. The Morgan fingerprint density at radius 3 is 2.17 bits per heavy atom. The standard InChI is InChI=1S/C22H23N3O4/c1-15(2)13-24-21(26)19(17-9-11-18(12-10-17)25(28)29)20(22(24)27)23(3)14-16-7-5-4-6-8-16/h4-12,15H,13-14H2,1-3H3. The van der Waals surface area contributed by atoms with Crippen LogP contribution in [0.2, 0.25) is 0 Å². The van der Waals surface area contributed by atoms with Crippen LogP contribution in [0.25, 0.3) is 5.57 Å². The molecule has 0 radical (unpaired) electrons. The molecule has 0 aliphatic carbocycles. The van der Waals surface area contributed by atoms with Crippen LogP contribution >= 0.6 is 0 Å². The molecule has 0 aromatic heterocycles. The summed E-state index contributed by atoms with van der Waals surface area (Å²) in [6.45, 7) is 4.66. The fraction of sp³-hybridized carbons (Fsp3) is 0.273. The number of likely N-dealkylation sites (N-methyl/N-ethyl adjacent to an activating group) is 1. The molecule has 29 heavy (non-hydrogen) atoms. The summed E-state index contributed by atoms with van der Waals surface area (Å²) < 4.78 is 0. The molecule has 7 nitrogen and oxygen atoms in total. The molecule has 2 amide bonds. The highest BCUT2D eigenvalue weighted by atomic mass is 16.6. The molecule has 0 saturated heterocycles. The highest BCUT2D eigenvalue weighted by molar-refractivity contribution is 6.35. The Labute approximate surface area is 169 Å². The summed E-state index contributed by atoms with van der Waals surface area (Å²) in [5.74, 6) is -0.581. The zero-order valence-corrected chi connectivity index (χ0v) is 16.7. The fourth-order valence-corrected chi connectivity index (χ4v) is 3.39. The molecule has 1 heterocycles. The van der Waals surface area contributed by atoms with Gasteiger partial charge in [-0.15, -0.1) is 0 Å². The van der Waals surface area contributed by atoms with E-state index in [2.05, 4.69) is 0 Å². The molecular formula is C22H23N3O4. The quantitative estimate of drug-likeness (QED) is 0.409. The lowest BCUT2D eigenvalue weighted by Crippen LogP contribution is -2.36. The van der Waals surface area contributed by atoms with Crippen molar-refractivity contribution in [2.24, 2.45) is 5.92 Å². The first-order valence-electron chi connectivity index (χ1n) is 9.40. The molecule has 0 fully saturated rings. The summed E-state index contributed by atoms with van der Waals surface area (Å²) in [5, 5.41) is 11.0. The summed E-state index contributed by atoms with van der Waals surface area (Å²) in [6, 6.07) is 15.4. The van der Waals surface area contributed by atoms with Gasteiger partial charge in [0.1, 0.15) is 5.70 Å². The Bertz CT molecular complexity index is 965. The second kappa shape index (κ2) is 8.26. The van der Waals surface area contributed by atoms with E-state index in [1.807, 2.05) is 44.2 Å². The minimum Gasteiger partial charge on any atom is -0.365 e. The molecule has 2 aromatic carbocycles. The van der Waals surface area contributed by atoms with Gasteiger partial charge in [-0.1, -0.05) is 44.2 Å². The molecule has 0 bridgehead atoms. The molecule has 1 aliphatic rings. The summed E-state index contributed by atoms with van der Waals surface area (Å²) >= 11 is 0. The van der Waals surface area contributed by atoms with Crippen molar-refractivity contribution in [1.29, 1.82) is 0 Å². The number of carbonyl (C=O) groups is 2. The van der Waals surface area contributed by atoms with Crippen LogP contribution in [-0.2, 0) is 16.1 Å². The van der Waals surface area contributed by atoms with E-state index >= 15 is 0 Å². The van der Waals surface area contributed by atoms with Crippen molar-refractivity contribution >= 4 is 23.1 Å². The van der Waals surface area contributed by atoms with E-state index in [0.717, 1.165) is 5.56 Å². The number of nitro benzene ring substituents is 1. The maximum Gasteiger partial charge on any atom is 0.277 e. The maximum atomic E-state index is 13.1. The minimum atomic E-state index is -0.493. The van der Waals surface area contributed by atoms with Crippen molar-refractivity contribution in [3.8, 4) is 0 Å². The Morgan fingerprint density at radius 1 is 1.00 bits per heavy atom. The van der Waals surface area contributed by atoms with E-state index in [0.29, 0.717) is 24.4 Å². The third-order valence-electron chi connectivity index (χ3n) is 4.70. The first-order chi connectivity index (χ1) is 13.8. The van der Waals surface area contributed by atoms with E-state index in [-0.39, 0.29) is 29.0 Å². The van der Waals surface area contributed by atoms with Crippen LogP contribution in [0.5, 0.6) is 0 Å². The molecule has 0 N–H and O–H groups in total. The van der Waals surface area contributed by atoms with Gasteiger partial charge in [0.05, 0.1) is 10.5 Å². The van der Waals surface area contributed by atoms with Crippen molar-refractivity contribution in [3.63, 3.8) is 0 Å². The smallest absolute Gasteiger partial charge is 0.277 e. The summed E-state index contributed by atoms with van der Waals surface area (Å²) in [7, 11) is 1.78. The van der Waals surface area contributed by atoms with Crippen molar-refractivity contribution in [1.82, 2.24) is 9.80 Å². The minimum absolute atomic E-state index is 0.0654. The van der Waals surface area contributed by atoms with E-state index in [1.165, 1.54) is 29.2 Å². The van der Waals surface area contributed by atoms with Gasteiger partial charge in [0.25, 0.3) is 17.5 Å². The Balaban J connectivity index is 2.04. The molecular weight excluding hydrogens is 370 g/mol. The average molecular weight is 393 g/mol. The Morgan fingerprint density at radius 2 is 1.62 bits per heavy atom. The predicted octanol–water partition coefficient (Wildman–Crippen LogP) is 3.46. The number of carbonyl (C=O) groups excluding carboxylic acids is 2. The van der Waals surface area contributed by atoms with Crippen molar-refractivity contribution in [2.75, 3.05) is 13.6 Å². The van der Waals surface area contributed by atoms with Crippen molar-refractivity contribution in [3.05, 3.63) is 81.5 Å². The van der Waals surface area contributed by atoms with Gasteiger partial charge in [-0.3, -0.25) is 24.6 Å². The Hall–Kier alpha value is -3.48. The molecule has 7 heteroatoms. The number of hydrogen-bond donors (Lipinski definition) is 0. The zero-order valence-electron chi connectivity index (χ0n) is 16.7. The number of amides is 2. The average Bonchev–Trinajstić information content (AvgIpc) is 2.93. The number of rotatable bonds is 7. The number of nitrogens with zero attached hydrogens (tertiary/aromatic N) is 3. The Kier molecular flexibility index (Phi) is 5.77. The van der Waals surface area contributed by atoms with Crippen LogP contribution in [0.4, 0.5) is 5.69 Å². The van der Waals surface area contributed by atoms with Gasteiger partial charge in [-0.25, -0.2) is 0 Å². The molecule has 3 rings (SSSR count). The lowest BCUT2D eigenvalue weighted by Gasteiger charge is -2.22. The van der Waals surface area contributed by atoms with Gasteiger partial charge < -0.3 is 4.90 Å². The van der Waals surface area contributed by atoms with Gasteiger partial charge in [0, 0.05) is 32.3 Å². The van der Waals surface area contributed by atoms with Gasteiger partial charge >= 0.3 is 0 Å². The predicted molar refractivity (Wildman–Crippen MR) is 109 cm³/mol. The maximum absolute atomic E-state index is 13.1. The third kappa shape index (κ3) is 4.18. The fourth-order valence-electron chi connectivity index (χ4n) is 3.39. The lowest BCUT2D eigenvalue weighted by molar-refractivity contribution is -0.384. The van der Waals surface area contributed by atoms with Gasteiger partial charge in [0.15, 0.2) is 0 Å². The van der Waals surface area contributed by atoms with Crippen molar-refractivity contribution < 1.29 is 14.5 Å². The molecule has 0 atom stereocenters.